The summed E-state index contributed by atoms with van der Waals surface area (Å²) >= 11 is 0. The fraction of sp³-hybridized carbons (Fsp3) is 0.273. The second-order valence-electron chi connectivity index (χ2n) is 5.15. The van der Waals surface area contributed by atoms with Gasteiger partial charge in [-0.15, -0.1) is 19.4 Å². The van der Waals surface area contributed by atoms with Crippen LogP contribution in [-0.2, 0) is 14.3 Å². The third-order valence-corrected chi connectivity index (χ3v) is 3.36. The molecule has 0 aliphatic rings. The summed E-state index contributed by atoms with van der Waals surface area (Å²) in [5.41, 5.74) is 2.42. The molecule has 0 atom stereocenters. The molecule has 1 aromatic rings. The lowest BCUT2D eigenvalue weighted by molar-refractivity contribution is -0.135. The van der Waals surface area contributed by atoms with Crippen molar-refractivity contribution in [1.82, 2.24) is 0 Å². The number of carbonyl (C=O) groups is 1. The van der Waals surface area contributed by atoms with Gasteiger partial charge in [0.2, 0.25) is 0 Å². The van der Waals surface area contributed by atoms with E-state index in [1.807, 2.05) is 37.4 Å². The number of hydrogen-bond donors (Lipinski definition) is 0. The summed E-state index contributed by atoms with van der Waals surface area (Å²) in [6, 6.07) is 7.91. The molecule has 0 N–H and O–H groups in total. The molecule has 5 nitrogen and oxygen atoms in total. The Kier molecular flexibility index (Phi) is 13.4. The molecule has 0 aliphatic heterocycles. The minimum Gasteiger partial charge on any atom is -0.465 e. The molecule has 1 rings (SSSR count). The summed E-state index contributed by atoms with van der Waals surface area (Å²) in [7, 11) is 3.36. The molecule has 1 aromatic carbocycles. The number of terminal acetylenes is 1. The summed E-state index contributed by atoms with van der Waals surface area (Å²) in [4.78, 5) is 17.9. The number of benzene rings is 1. The van der Waals surface area contributed by atoms with Crippen molar-refractivity contribution in [3.05, 3.63) is 60.7 Å². The van der Waals surface area contributed by atoms with Crippen LogP contribution in [-0.4, -0.2) is 46.1 Å². The number of nitrogens with zero attached hydrogens (tertiary/aromatic N) is 2. The van der Waals surface area contributed by atoms with E-state index in [0.717, 1.165) is 17.9 Å². The standard InChI is InChI=1S/C20H26N2O3.C2H2/c1-5-14-22(3)19-12-8-7-11-18(19)21-13-16-25-15-9-10-17(6-2)20(23)24-4;1-2/h5-13H,1,14-16H2,2-4H3;1-2H/b10-9-,17-6+,21-13?;. The first-order valence-electron chi connectivity index (χ1n) is 8.39. The van der Waals surface area contributed by atoms with Crippen LogP contribution in [0.5, 0.6) is 0 Å². The van der Waals surface area contributed by atoms with Gasteiger partial charge in [-0.25, -0.2) is 4.79 Å². The lowest BCUT2D eigenvalue weighted by atomic mass is 10.2. The summed E-state index contributed by atoms with van der Waals surface area (Å²) in [6.45, 7) is 7.06. The number of likely N-dealkylation sites (N-methyl/N-ethyl adjacent to an activating group) is 1. The van der Waals surface area contributed by atoms with E-state index in [9.17, 15) is 4.79 Å². The van der Waals surface area contributed by atoms with Crippen molar-refractivity contribution >= 4 is 23.6 Å². The summed E-state index contributed by atoms with van der Waals surface area (Å²) in [5, 5.41) is 0. The maximum Gasteiger partial charge on any atom is 0.337 e. The Morgan fingerprint density at radius 1 is 1.30 bits per heavy atom. The van der Waals surface area contributed by atoms with Crippen LogP contribution in [0.1, 0.15) is 6.92 Å². The van der Waals surface area contributed by atoms with Gasteiger partial charge >= 0.3 is 5.97 Å². The number of allylic oxidation sites excluding steroid dienone is 1. The number of anilines is 1. The topological polar surface area (TPSA) is 51.1 Å². The Bertz CT molecular complexity index is 688. The SMILES string of the molecule is C#C.C=CCN(C)c1ccccc1N=CCOC/C=C\C(=C/C)C(=O)OC. The van der Waals surface area contributed by atoms with Crippen LogP contribution < -0.4 is 4.90 Å². The van der Waals surface area contributed by atoms with Crippen LogP contribution in [0.3, 0.4) is 0 Å². The third kappa shape index (κ3) is 9.24. The van der Waals surface area contributed by atoms with Crippen LogP contribution in [0.25, 0.3) is 0 Å². The number of para-hydroxylation sites is 2. The molecule has 0 radical (unpaired) electrons. The molecular formula is C22H28N2O3. The Morgan fingerprint density at radius 3 is 2.63 bits per heavy atom. The molecule has 144 valence electrons. The maximum atomic E-state index is 11.4. The lowest BCUT2D eigenvalue weighted by Crippen LogP contribution is -2.16. The zero-order valence-electron chi connectivity index (χ0n) is 16.3. The summed E-state index contributed by atoms with van der Waals surface area (Å²) in [6.07, 6.45) is 16.7. The van der Waals surface area contributed by atoms with Gasteiger partial charge in [0.05, 0.1) is 37.3 Å². The van der Waals surface area contributed by atoms with E-state index in [-0.39, 0.29) is 5.97 Å². The lowest BCUT2D eigenvalue weighted by Gasteiger charge is -2.18. The average molecular weight is 368 g/mol. The van der Waals surface area contributed by atoms with Crippen molar-refractivity contribution in [2.75, 3.05) is 38.8 Å². The monoisotopic (exact) mass is 368 g/mol. The van der Waals surface area contributed by atoms with Crippen LogP contribution in [0.15, 0.2) is 65.7 Å². The molecule has 0 heterocycles. The molecule has 0 spiro atoms. The number of ether oxygens (including phenoxy) is 2. The molecule has 0 bridgehead atoms. The molecule has 0 fully saturated rings. The predicted octanol–water partition coefficient (Wildman–Crippen LogP) is 3.95. The van der Waals surface area contributed by atoms with Crippen LogP contribution in [0.4, 0.5) is 11.4 Å². The van der Waals surface area contributed by atoms with Crippen LogP contribution in [0.2, 0.25) is 0 Å². The van der Waals surface area contributed by atoms with E-state index < -0.39 is 0 Å². The highest BCUT2D eigenvalue weighted by atomic mass is 16.5. The fourth-order valence-electron chi connectivity index (χ4n) is 2.09. The van der Waals surface area contributed by atoms with Crippen LogP contribution >= 0.6 is 0 Å². The van der Waals surface area contributed by atoms with Gasteiger partial charge in [-0.05, 0) is 25.1 Å². The van der Waals surface area contributed by atoms with Crippen molar-refractivity contribution in [2.24, 2.45) is 4.99 Å². The number of rotatable bonds is 10. The highest BCUT2D eigenvalue weighted by Crippen LogP contribution is 2.26. The highest BCUT2D eigenvalue weighted by molar-refractivity contribution is 5.91. The Hall–Kier alpha value is -3.10. The first-order chi connectivity index (χ1) is 13.1. The second kappa shape index (κ2) is 15.2. The zero-order chi connectivity index (χ0) is 20.5. The van der Waals surface area contributed by atoms with Crippen molar-refractivity contribution in [3.8, 4) is 12.8 Å². The average Bonchev–Trinajstić information content (AvgIpc) is 2.71. The molecule has 5 heteroatoms. The molecule has 0 saturated carbocycles. The van der Waals surface area contributed by atoms with Gasteiger partial charge < -0.3 is 14.4 Å². The van der Waals surface area contributed by atoms with Crippen LogP contribution in [0, 0.1) is 12.8 Å². The van der Waals surface area contributed by atoms with Gasteiger partial charge in [0.15, 0.2) is 0 Å². The minimum absolute atomic E-state index is 0.361. The third-order valence-electron chi connectivity index (χ3n) is 3.36. The summed E-state index contributed by atoms with van der Waals surface area (Å²) in [5.74, 6) is -0.361. The number of carbonyl (C=O) groups excluding carboxylic acids is 1. The zero-order valence-corrected chi connectivity index (χ0v) is 16.3. The molecule has 0 unspecified atom stereocenters. The predicted molar refractivity (Wildman–Crippen MR) is 114 cm³/mol. The maximum absolute atomic E-state index is 11.4. The highest BCUT2D eigenvalue weighted by Gasteiger charge is 2.04. The normalized spacial score (nSPS) is 11.1. The van der Waals surface area contributed by atoms with Gasteiger partial charge in [0.25, 0.3) is 0 Å². The molecule has 0 saturated heterocycles. The Labute approximate surface area is 162 Å². The second-order valence-corrected chi connectivity index (χ2v) is 5.15. The molecule has 0 aromatic heterocycles. The Balaban J connectivity index is 0.00000326. The van der Waals surface area contributed by atoms with E-state index in [2.05, 4.69) is 34.1 Å². The van der Waals surface area contributed by atoms with E-state index in [1.165, 1.54) is 7.11 Å². The largest absolute Gasteiger partial charge is 0.465 e. The van der Waals surface area contributed by atoms with Crippen molar-refractivity contribution in [3.63, 3.8) is 0 Å². The smallest absolute Gasteiger partial charge is 0.337 e. The van der Waals surface area contributed by atoms with Crippen molar-refractivity contribution in [2.45, 2.75) is 6.92 Å². The van der Waals surface area contributed by atoms with Gasteiger partial charge in [0, 0.05) is 19.8 Å². The molecular weight excluding hydrogens is 340 g/mol. The van der Waals surface area contributed by atoms with E-state index in [1.54, 1.807) is 31.4 Å². The van der Waals surface area contributed by atoms with Gasteiger partial charge in [-0.3, -0.25) is 4.99 Å². The quantitative estimate of drug-likeness (QED) is 0.119. The van der Waals surface area contributed by atoms with Crippen molar-refractivity contribution < 1.29 is 14.3 Å². The molecule has 0 aliphatic carbocycles. The number of esters is 1. The number of methoxy groups -OCH3 is 1. The Morgan fingerprint density at radius 2 is 2.00 bits per heavy atom. The number of aliphatic imine (C=N–C) groups is 1. The fourth-order valence-corrected chi connectivity index (χ4v) is 2.09. The van der Waals surface area contributed by atoms with Gasteiger partial charge in [-0.2, -0.15) is 0 Å². The number of hydrogen-bond acceptors (Lipinski definition) is 5. The van der Waals surface area contributed by atoms with E-state index in [0.29, 0.717) is 18.8 Å². The first kappa shape index (κ1) is 23.9. The van der Waals surface area contributed by atoms with E-state index in [4.69, 9.17) is 4.74 Å². The summed E-state index contributed by atoms with van der Waals surface area (Å²) < 4.78 is 10.1. The first-order valence-corrected chi connectivity index (χ1v) is 8.39. The van der Waals surface area contributed by atoms with Gasteiger partial charge in [-0.1, -0.05) is 30.4 Å². The molecule has 27 heavy (non-hydrogen) atoms. The molecule has 0 amide bonds. The van der Waals surface area contributed by atoms with Gasteiger partial charge in [0.1, 0.15) is 0 Å². The minimum atomic E-state index is -0.361. The van der Waals surface area contributed by atoms with E-state index >= 15 is 0 Å². The van der Waals surface area contributed by atoms with Crippen molar-refractivity contribution in [1.29, 1.82) is 0 Å².